The number of carboxylic acids is 1. The van der Waals surface area contributed by atoms with Gasteiger partial charge in [-0.2, -0.15) is 0 Å². The Morgan fingerprint density at radius 3 is 2.38 bits per heavy atom. The summed E-state index contributed by atoms with van der Waals surface area (Å²) >= 11 is 0. The third kappa shape index (κ3) is 6.14. The Hall–Kier alpha value is -1.59. The summed E-state index contributed by atoms with van der Waals surface area (Å²) in [5, 5.41) is 11.5. The Morgan fingerprint density at radius 2 is 1.86 bits per heavy atom. The maximum atomic E-state index is 12.1. The first kappa shape index (κ1) is 17.5. The zero-order valence-corrected chi connectivity index (χ0v) is 12.9. The molecule has 1 rings (SSSR count). The lowest BCUT2D eigenvalue weighted by atomic mass is 9.87. The molecule has 21 heavy (non-hydrogen) atoms. The highest BCUT2D eigenvalue weighted by atomic mass is 16.4. The van der Waals surface area contributed by atoms with Crippen molar-refractivity contribution < 1.29 is 19.5 Å². The van der Waals surface area contributed by atoms with Gasteiger partial charge in [-0.25, -0.2) is 0 Å². The van der Waals surface area contributed by atoms with Gasteiger partial charge in [0.15, 0.2) is 0 Å². The van der Waals surface area contributed by atoms with Crippen LogP contribution in [0, 0.1) is 5.92 Å². The second-order valence-corrected chi connectivity index (χ2v) is 5.74. The Kier molecular flexibility index (Phi) is 7.19. The smallest absolute Gasteiger partial charge is 0.323 e. The molecule has 1 saturated carbocycles. The molecule has 1 aliphatic carbocycles. The summed E-state index contributed by atoms with van der Waals surface area (Å²) in [4.78, 5) is 36.0. The van der Waals surface area contributed by atoms with E-state index < -0.39 is 12.0 Å². The third-order valence-electron chi connectivity index (χ3n) is 3.97. The number of carboxylic acid groups (broad SMARTS) is 1. The SMILES string of the molecule is CCN(CC(=O)O)C(=O)C(C)NC(=O)CC1CCCCC1. The molecule has 0 bridgehead atoms. The Balaban J connectivity index is 2.42. The topological polar surface area (TPSA) is 86.7 Å². The predicted octanol–water partition coefficient (Wildman–Crippen LogP) is 1.39. The number of hydrogen-bond acceptors (Lipinski definition) is 3. The molecular formula is C15H26N2O4. The number of carbonyl (C=O) groups is 3. The van der Waals surface area contributed by atoms with Gasteiger partial charge in [-0.3, -0.25) is 14.4 Å². The lowest BCUT2D eigenvalue weighted by Crippen LogP contribution is -2.48. The van der Waals surface area contributed by atoms with Gasteiger partial charge in [0.2, 0.25) is 11.8 Å². The number of carbonyl (C=O) groups excluding carboxylic acids is 2. The minimum absolute atomic E-state index is 0.117. The Labute approximate surface area is 125 Å². The zero-order chi connectivity index (χ0) is 15.8. The summed E-state index contributed by atoms with van der Waals surface area (Å²) in [5.74, 6) is -1.10. The number of aliphatic carboxylic acids is 1. The zero-order valence-electron chi connectivity index (χ0n) is 12.9. The van der Waals surface area contributed by atoms with Crippen LogP contribution in [-0.4, -0.2) is 46.9 Å². The average molecular weight is 298 g/mol. The maximum absolute atomic E-state index is 12.1. The van der Waals surface area contributed by atoms with Crippen molar-refractivity contribution in [1.82, 2.24) is 10.2 Å². The van der Waals surface area contributed by atoms with E-state index in [2.05, 4.69) is 5.32 Å². The molecule has 0 aromatic heterocycles. The van der Waals surface area contributed by atoms with E-state index in [1.54, 1.807) is 13.8 Å². The minimum Gasteiger partial charge on any atom is -0.480 e. The number of rotatable bonds is 7. The van der Waals surface area contributed by atoms with Gasteiger partial charge in [-0.1, -0.05) is 19.3 Å². The molecule has 0 aliphatic heterocycles. The first-order valence-electron chi connectivity index (χ1n) is 7.74. The third-order valence-corrected chi connectivity index (χ3v) is 3.97. The van der Waals surface area contributed by atoms with E-state index in [1.807, 2.05) is 0 Å². The van der Waals surface area contributed by atoms with E-state index in [9.17, 15) is 14.4 Å². The normalized spacial score (nSPS) is 17.0. The van der Waals surface area contributed by atoms with Gasteiger partial charge in [0, 0.05) is 13.0 Å². The summed E-state index contributed by atoms with van der Waals surface area (Å²) in [6.45, 7) is 3.30. The molecule has 6 nitrogen and oxygen atoms in total. The fourth-order valence-corrected chi connectivity index (χ4v) is 2.80. The monoisotopic (exact) mass is 298 g/mol. The molecule has 0 aromatic carbocycles. The molecule has 2 N–H and O–H groups in total. The Bertz CT molecular complexity index is 378. The van der Waals surface area contributed by atoms with E-state index in [-0.39, 0.29) is 18.4 Å². The summed E-state index contributed by atoms with van der Waals surface area (Å²) in [5.41, 5.74) is 0. The number of nitrogens with zero attached hydrogens (tertiary/aromatic N) is 1. The standard InChI is InChI=1S/C15H26N2O4/c1-3-17(10-14(19)20)15(21)11(2)16-13(18)9-12-7-5-4-6-8-12/h11-12H,3-10H2,1-2H3,(H,16,18)(H,19,20). The molecule has 0 radical (unpaired) electrons. The highest BCUT2D eigenvalue weighted by molar-refractivity contribution is 5.89. The second kappa shape index (κ2) is 8.64. The van der Waals surface area contributed by atoms with Gasteiger partial charge in [0.1, 0.15) is 12.6 Å². The van der Waals surface area contributed by atoms with Gasteiger partial charge >= 0.3 is 5.97 Å². The number of amides is 2. The van der Waals surface area contributed by atoms with Gasteiger partial charge in [-0.15, -0.1) is 0 Å². The minimum atomic E-state index is -1.05. The van der Waals surface area contributed by atoms with Crippen molar-refractivity contribution >= 4 is 17.8 Å². The largest absolute Gasteiger partial charge is 0.480 e. The second-order valence-electron chi connectivity index (χ2n) is 5.74. The first-order chi connectivity index (χ1) is 9.93. The van der Waals surface area contributed by atoms with Crippen LogP contribution in [0.5, 0.6) is 0 Å². The van der Waals surface area contributed by atoms with Crippen LogP contribution in [-0.2, 0) is 14.4 Å². The van der Waals surface area contributed by atoms with E-state index >= 15 is 0 Å². The molecule has 0 heterocycles. The van der Waals surface area contributed by atoms with Gasteiger partial charge in [0.25, 0.3) is 0 Å². The van der Waals surface area contributed by atoms with Crippen LogP contribution in [0.3, 0.4) is 0 Å². The quantitative estimate of drug-likeness (QED) is 0.743. The molecule has 1 unspecified atom stereocenters. The van der Waals surface area contributed by atoms with Crippen molar-refractivity contribution in [3.63, 3.8) is 0 Å². The van der Waals surface area contributed by atoms with Crippen LogP contribution in [0.2, 0.25) is 0 Å². The fraction of sp³-hybridized carbons (Fsp3) is 0.800. The molecule has 2 amide bonds. The van der Waals surface area contributed by atoms with Crippen LogP contribution >= 0.6 is 0 Å². The van der Waals surface area contributed by atoms with Crippen LogP contribution in [0.1, 0.15) is 52.4 Å². The number of hydrogen-bond donors (Lipinski definition) is 2. The van der Waals surface area contributed by atoms with Gasteiger partial charge < -0.3 is 15.3 Å². The average Bonchev–Trinajstić information content (AvgIpc) is 2.44. The first-order valence-corrected chi connectivity index (χ1v) is 7.74. The van der Waals surface area contributed by atoms with Crippen LogP contribution in [0.4, 0.5) is 0 Å². The number of nitrogens with one attached hydrogen (secondary N) is 1. The van der Waals surface area contributed by atoms with Crippen molar-refractivity contribution in [2.75, 3.05) is 13.1 Å². The highest BCUT2D eigenvalue weighted by Crippen LogP contribution is 2.26. The Morgan fingerprint density at radius 1 is 1.24 bits per heavy atom. The number of likely N-dealkylation sites (N-methyl/N-ethyl adjacent to an activating group) is 1. The van der Waals surface area contributed by atoms with Crippen LogP contribution in [0.25, 0.3) is 0 Å². The van der Waals surface area contributed by atoms with E-state index in [4.69, 9.17) is 5.11 Å². The molecule has 6 heteroatoms. The summed E-state index contributed by atoms with van der Waals surface area (Å²) < 4.78 is 0. The molecule has 1 aliphatic rings. The van der Waals surface area contributed by atoms with Crippen molar-refractivity contribution in [1.29, 1.82) is 0 Å². The summed E-state index contributed by atoms with van der Waals surface area (Å²) in [6.07, 6.45) is 6.21. The van der Waals surface area contributed by atoms with Crippen molar-refractivity contribution in [2.45, 2.75) is 58.4 Å². The van der Waals surface area contributed by atoms with Crippen molar-refractivity contribution in [2.24, 2.45) is 5.92 Å². The molecule has 120 valence electrons. The molecule has 1 fully saturated rings. The van der Waals surface area contributed by atoms with Crippen molar-refractivity contribution in [3.05, 3.63) is 0 Å². The van der Waals surface area contributed by atoms with E-state index in [0.717, 1.165) is 12.8 Å². The van der Waals surface area contributed by atoms with Crippen molar-refractivity contribution in [3.8, 4) is 0 Å². The fourth-order valence-electron chi connectivity index (χ4n) is 2.80. The predicted molar refractivity (Wildman–Crippen MR) is 78.7 cm³/mol. The maximum Gasteiger partial charge on any atom is 0.323 e. The molecule has 1 atom stereocenters. The lowest BCUT2D eigenvalue weighted by molar-refractivity contribution is -0.145. The van der Waals surface area contributed by atoms with E-state index in [1.165, 1.54) is 24.2 Å². The van der Waals surface area contributed by atoms with Crippen LogP contribution < -0.4 is 5.32 Å². The van der Waals surface area contributed by atoms with Crippen LogP contribution in [0.15, 0.2) is 0 Å². The van der Waals surface area contributed by atoms with Gasteiger partial charge in [0.05, 0.1) is 0 Å². The lowest BCUT2D eigenvalue weighted by Gasteiger charge is -2.25. The summed E-state index contributed by atoms with van der Waals surface area (Å²) in [6, 6.07) is -0.680. The molecule has 0 saturated heterocycles. The van der Waals surface area contributed by atoms with Gasteiger partial charge in [-0.05, 0) is 32.6 Å². The molecule has 0 spiro atoms. The van der Waals surface area contributed by atoms with E-state index in [0.29, 0.717) is 18.9 Å². The summed E-state index contributed by atoms with van der Waals surface area (Å²) in [7, 11) is 0. The molecular weight excluding hydrogens is 272 g/mol. The molecule has 0 aromatic rings. The highest BCUT2D eigenvalue weighted by Gasteiger charge is 2.24.